The number of hydrogen-bond donors (Lipinski definition) is 0. The van der Waals surface area contributed by atoms with Gasteiger partial charge in [-0.2, -0.15) is 9.78 Å². The molecule has 0 fully saturated rings. The van der Waals surface area contributed by atoms with E-state index in [1.807, 2.05) is 24.3 Å². The summed E-state index contributed by atoms with van der Waals surface area (Å²) < 4.78 is 1.23. The lowest BCUT2D eigenvalue weighted by Crippen LogP contribution is -2.16. The molecule has 0 unspecified atom stereocenters. The molecule has 2 heterocycles. The Hall–Kier alpha value is -1.98. The first kappa shape index (κ1) is 14.0. The van der Waals surface area contributed by atoms with Gasteiger partial charge in [-0.3, -0.25) is 4.79 Å². The van der Waals surface area contributed by atoms with E-state index in [0.29, 0.717) is 10.4 Å². The minimum Gasteiger partial charge on any atom is -0.267 e. The summed E-state index contributed by atoms with van der Waals surface area (Å²) in [5.74, 6) is 0. The molecule has 0 amide bonds. The molecule has 6 heteroatoms. The Labute approximate surface area is 130 Å². The van der Waals surface area contributed by atoms with Crippen molar-refractivity contribution in [3.05, 3.63) is 62.5 Å². The summed E-state index contributed by atoms with van der Waals surface area (Å²) in [7, 11) is 0. The highest BCUT2D eigenvalue weighted by Crippen LogP contribution is 2.21. The summed E-state index contributed by atoms with van der Waals surface area (Å²) in [6.45, 7) is 2.05. The summed E-state index contributed by atoms with van der Waals surface area (Å²) >= 11 is 7.59. The Kier molecular flexibility index (Phi) is 3.86. The van der Waals surface area contributed by atoms with Crippen LogP contribution in [0.15, 0.2) is 46.6 Å². The molecule has 0 N–H and O–H groups in total. The Morgan fingerprint density at radius 1 is 1.43 bits per heavy atom. The van der Waals surface area contributed by atoms with Crippen LogP contribution in [0, 0.1) is 0 Å². The third-order valence-electron chi connectivity index (χ3n) is 3.06. The van der Waals surface area contributed by atoms with Gasteiger partial charge in [0.15, 0.2) is 0 Å². The molecule has 3 aromatic rings. The third kappa shape index (κ3) is 2.75. The number of rotatable bonds is 3. The van der Waals surface area contributed by atoms with Gasteiger partial charge in [0, 0.05) is 15.5 Å². The van der Waals surface area contributed by atoms with E-state index >= 15 is 0 Å². The first-order chi connectivity index (χ1) is 10.2. The van der Waals surface area contributed by atoms with Crippen molar-refractivity contribution in [3.63, 3.8) is 0 Å². The molecule has 1 aromatic carbocycles. The van der Waals surface area contributed by atoms with E-state index in [0.717, 1.165) is 21.7 Å². The quantitative estimate of drug-likeness (QED) is 0.693. The van der Waals surface area contributed by atoms with E-state index in [2.05, 4.69) is 17.0 Å². The van der Waals surface area contributed by atoms with Gasteiger partial charge in [0.05, 0.1) is 11.6 Å². The molecule has 0 bridgehead atoms. The Balaban J connectivity index is 2.03. The average molecular weight is 318 g/mol. The number of thiophene rings is 1. The summed E-state index contributed by atoms with van der Waals surface area (Å²) in [6, 6.07) is 9.21. The molecule has 0 saturated heterocycles. The number of fused-ring (bicyclic) bond motifs is 1. The van der Waals surface area contributed by atoms with Crippen LogP contribution in [0.2, 0.25) is 5.02 Å². The average Bonchev–Trinajstić information content (AvgIpc) is 2.92. The highest BCUT2D eigenvalue weighted by molar-refractivity contribution is 7.18. The van der Waals surface area contributed by atoms with Crippen LogP contribution in [-0.4, -0.2) is 15.9 Å². The van der Waals surface area contributed by atoms with E-state index < -0.39 is 0 Å². The summed E-state index contributed by atoms with van der Waals surface area (Å²) in [4.78, 5) is 18.5. The highest BCUT2D eigenvalue weighted by atomic mass is 35.5. The van der Waals surface area contributed by atoms with Crippen LogP contribution < -0.4 is 5.56 Å². The van der Waals surface area contributed by atoms with Crippen LogP contribution in [0.1, 0.15) is 17.4 Å². The van der Waals surface area contributed by atoms with Crippen LogP contribution in [-0.2, 0) is 6.42 Å². The van der Waals surface area contributed by atoms with Crippen molar-refractivity contribution in [2.24, 2.45) is 5.10 Å². The Bertz CT molecular complexity index is 882. The maximum atomic E-state index is 12.3. The number of hydrogen-bond acceptors (Lipinski definition) is 4. The fraction of sp³-hybridized carbons (Fsp3) is 0.133. The van der Waals surface area contributed by atoms with Gasteiger partial charge in [0.1, 0.15) is 11.2 Å². The van der Waals surface area contributed by atoms with Crippen molar-refractivity contribution >= 4 is 39.4 Å². The molecule has 3 rings (SSSR count). The van der Waals surface area contributed by atoms with Crippen LogP contribution >= 0.6 is 22.9 Å². The summed E-state index contributed by atoms with van der Waals surface area (Å²) in [5, 5.41) is 5.36. The summed E-state index contributed by atoms with van der Waals surface area (Å²) in [5.41, 5.74) is 0.588. The number of aromatic nitrogens is 2. The molecule has 21 heavy (non-hydrogen) atoms. The molecule has 0 aliphatic rings. The SMILES string of the molecule is CCc1cc2c(=O)n(/N=C\c3ccccc3Cl)cnc2s1. The lowest BCUT2D eigenvalue weighted by Gasteiger charge is -1.98. The maximum absolute atomic E-state index is 12.3. The zero-order valence-corrected chi connectivity index (χ0v) is 12.9. The third-order valence-corrected chi connectivity index (χ3v) is 4.59. The first-order valence-corrected chi connectivity index (χ1v) is 7.67. The molecule has 0 radical (unpaired) electrons. The van der Waals surface area contributed by atoms with Gasteiger partial charge in [0.25, 0.3) is 5.56 Å². The molecule has 0 aliphatic carbocycles. The maximum Gasteiger partial charge on any atom is 0.282 e. The molecule has 106 valence electrons. The molecule has 0 saturated carbocycles. The fourth-order valence-corrected chi connectivity index (χ4v) is 3.03. The number of benzene rings is 1. The lowest BCUT2D eigenvalue weighted by molar-refractivity contribution is 0.818. The molecule has 0 spiro atoms. The molecule has 0 atom stereocenters. The minimum atomic E-state index is -0.167. The largest absolute Gasteiger partial charge is 0.282 e. The number of nitrogens with zero attached hydrogens (tertiary/aromatic N) is 3. The van der Waals surface area contributed by atoms with E-state index in [1.165, 1.54) is 22.3 Å². The molecule has 0 aliphatic heterocycles. The van der Waals surface area contributed by atoms with Crippen LogP contribution in [0.4, 0.5) is 0 Å². The van der Waals surface area contributed by atoms with E-state index in [4.69, 9.17) is 11.6 Å². The van der Waals surface area contributed by atoms with Gasteiger partial charge in [-0.25, -0.2) is 4.98 Å². The normalized spacial score (nSPS) is 11.5. The van der Waals surface area contributed by atoms with Crippen LogP contribution in [0.5, 0.6) is 0 Å². The second-order valence-electron chi connectivity index (χ2n) is 4.45. The van der Waals surface area contributed by atoms with Crippen molar-refractivity contribution in [3.8, 4) is 0 Å². The standard InChI is InChI=1S/C15H12ClN3OS/c1-2-11-7-12-14(21-11)17-9-19(15(12)20)18-8-10-5-3-4-6-13(10)16/h3-9H,2H2,1H3/b18-8-. The topological polar surface area (TPSA) is 47.2 Å². The van der Waals surface area contributed by atoms with Gasteiger partial charge < -0.3 is 0 Å². The summed E-state index contributed by atoms with van der Waals surface area (Å²) in [6.07, 6.45) is 3.89. The van der Waals surface area contributed by atoms with Crippen molar-refractivity contribution in [2.75, 3.05) is 0 Å². The zero-order valence-electron chi connectivity index (χ0n) is 11.3. The van der Waals surface area contributed by atoms with Crippen molar-refractivity contribution in [1.82, 2.24) is 9.66 Å². The van der Waals surface area contributed by atoms with E-state index in [9.17, 15) is 4.79 Å². The van der Waals surface area contributed by atoms with Crippen molar-refractivity contribution < 1.29 is 0 Å². The van der Waals surface area contributed by atoms with Crippen LogP contribution in [0.25, 0.3) is 10.2 Å². The molecule has 4 nitrogen and oxygen atoms in total. The predicted molar refractivity (Wildman–Crippen MR) is 87.7 cm³/mol. The van der Waals surface area contributed by atoms with Crippen LogP contribution in [0.3, 0.4) is 0 Å². The highest BCUT2D eigenvalue weighted by Gasteiger charge is 2.07. The number of halogens is 1. The van der Waals surface area contributed by atoms with Gasteiger partial charge in [-0.1, -0.05) is 36.7 Å². The Morgan fingerprint density at radius 2 is 2.24 bits per heavy atom. The lowest BCUT2D eigenvalue weighted by atomic mass is 10.2. The van der Waals surface area contributed by atoms with E-state index in [-0.39, 0.29) is 5.56 Å². The van der Waals surface area contributed by atoms with Crippen molar-refractivity contribution in [1.29, 1.82) is 0 Å². The number of aryl methyl sites for hydroxylation is 1. The van der Waals surface area contributed by atoms with E-state index in [1.54, 1.807) is 12.3 Å². The smallest absolute Gasteiger partial charge is 0.267 e. The second-order valence-corrected chi connectivity index (χ2v) is 5.97. The fourth-order valence-electron chi connectivity index (χ4n) is 1.92. The first-order valence-electron chi connectivity index (χ1n) is 6.48. The van der Waals surface area contributed by atoms with Crippen molar-refractivity contribution in [2.45, 2.75) is 13.3 Å². The molecular weight excluding hydrogens is 306 g/mol. The van der Waals surface area contributed by atoms with Gasteiger partial charge in [0.2, 0.25) is 0 Å². The van der Waals surface area contributed by atoms with Gasteiger partial charge in [-0.15, -0.1) is 11.3 Å². The Morgan fingerprint density at radius 3 is 3.00 bits per heavy atom. The van der Waals surface area contributed by atoms with Gasteiger partial charge in [-0.05, 0) is 18.6 Å². The predicted octanol–water partition coefficient (Wildman–Crippen LogP) is 3.56. The zero-order chi connectivity index (χ0) is 14.8. The molecular formula is C15H12ClN3OS. The second kappa shape index (κ2) is 5.79. The monoisotopic (exact) mass is 317 g/mol. The molecule has 2 aromatic heterocycles. The van der Waals surface area contributed by atoms with Gasteiger partial charge >= 0.3 is 0 Å². The minimum absolute atomic E-state index is 0.167.